The van der Waals surface area contributed by atoms with Gasteiger partial charge in [0.1, 0.15) is 5.82 Å². The molecule has 4 rings (SSSR count). The first-order valence-electron chi connectivity index (χ1n) is 11.0. The lowest BCUT2D eigenvalue weighted by atomic mass is 9.95. The molecule has 2 N–H and O–H groups in total. The third-order valence-corrected chi connectivity index (χ3v) is 5.91. The van der Waals surface area contributed by atoms with E-state index in [-0.39, 0.29) is 30.2 Å². The number of aryl methyl sites for hydroxylation is 2. The zero-order chi connectivity index (χ0) is 24.3. The van der Waals surface area contributed by atoms with Crippen molar-refractivity contribution in [3.8, 4) is 0 Å². The number of hydrogen-bond acceptors (Lipinski definition) is 6. The van der Waals surface area contributed by atoms with Crippen LogP contribution in [0.15, 0.2) is 48.9 Å². The highest BCUT2D eigenvalue weighted by molar-refractivity contribution is 6.00. The topological polar surface area (TPSA) is 96.9 Å². The molecule has 176 valence electrons. The highest BCUT2D eigenvalue weighted by atomic mass is 19.3. The number of amides is 1. The van der Waals surface area contributed by atoms with Gasteiger partial charge in [0.25, 0.3) is 6.43 Å². The van der Waals surface area contributed by atoms with Crippen molar-refractivity contribution < 1.29 is 18.4 Å². The number of rotatable bonds is 9. The lowest BCUT2D eigenvalue weighted by Crippen LogP contribution is -2.33. The Morgan fingerprint density at radius 3 is 2.38 bits per heavy atom. The molecule has 1 aliphatic rings. The third-order valence-electron chi connectivity index (χ3n) is 5.91. The monoisotopic (exact) mass is 465 g/mol. The normalized spacial score (nSPS) is 14.0. The molecular formula is C25H25F2N5O2. The molecule has 34 heavy (non-hydrogen) atoms. The zero-order valence-electron chi connectivity index (χ0n) is 18.9. The maximum Gasteiger partial charge on any atom is 0.265 e. The molecule has 1 fully saturated rings. The summed E-state index contributed by atoms with van der Waals surface area (Å²) in [5.74, 6) is 0.247. The summed E-state index contributed by atoms with van der Waals surface area (Å²) in [7, 11) is 0. The second kappa shape index (κ2) is 9.62. The molecule has 2 aromatic heterocycles. The maximum atomic E-state index is 13.3. The Bertz CT molecular complexity index is 1190. The van der Waals surface area contributed by atoms with E-state index < -0.39 is 11.8 Å². The van der Waals surface area contributed by atoms with E-state index in [0.717, 1.165) is 5.56 Å². The molecule has 1 amide bonds. The number of carbonyl (C=O) groups is 2. The lowest BCUT2D eigenvalue weighted by molar-refractivity contribution is -0.126. The van der Waals surface area contributed by atoms with Crippen LogP contribution in [-0.4, -0.2) is 26.6 Å². The Hall–Kier alpha value is -3.75. The van der Waals surface area contributed by atoms with Gasteiger partial charge in [-0.1, -0.05) is 11.6 Å². The molecule has 2 heterocycles. The van der Waals surface area contributed by atoms with Crippen LogP contribution >= 0.6 is 0 Å². The smallest absolute Gasteiger partial charge is 0.265 e. The first-order valence-corrected chi connectivity index (χ1v) is 11.0. The third kappa shape index (κ3) is 5.41. The quantitative estimate of drug-likeness (QED) is 0.439. The Labute approximate surface area is 196 Å². The van der Waals surface area contributed by atoms with Gasteiger partial charge in [-0.3, -0.25) is 14.6 Å². The minimum Gasteiger partial charge on any atom is -0.354 e. The summed E-state index contributed by atoms with van der Waals surface area (Å²) in [5.41, 5.74) is 1.89. The van der Waals surface area contributed by atoms with Crippen LogP contribution in [0.25, 0.3) is 0 Å². The van der Waals surface area contributed by atoms with Crippen molar-refractivity contribution in [2.75, 3.05) is 5.32 Å². The zero-order valence-corrected chi connectivity index (χ0v) is 18.9. The SMILES string of the molecule is Cc1ccc(Nc2ccc(CNC(=O)C3(CC(=O)c4cnc(C)nc4)CC3)nc2)c(C(F)F)c1. The summed E-state index contributed by atoms with van der Waals surface area (Å²) in [5, 5.41) is 5.83. The molecule has 9 heteroatoms. The molecule has 1 aliphatic carbocycles. The van der Waals surface area contributed by atoms with Crippen LogP contribution in [0.2, 0.25) is 0 Å². The summed E-state index contributed by atoms with van der Waals surface area (Å²) >= 11 is 0. The molecule has 0 bridgehead atoms. The van der Waals surface area contributed by atoms with Crippen molar-refractivity contribution in [3.05, 3.63) is 77.1 Å². The van der Waals surface area contributed by atoms with Gasteiger partial charge in [0.05, 0.1) is 35.1 Å². The van der Waals surface area contributed by atoms with E-state index in [1.165, 1.54) is 24.7 Å². The van der Waals surface area contributed by atoms with Gasteiger partial charge in [0.15, 0.2) is 5.78 Å². The van der Waals surface area contributed by atoms with Gasteiger partial charge >= 0.3 is 0 Å². The van der Waals surface area contributed by atoms with Gasteiger partial charge in [-0.05, 0) is 51.0 Å². The number of nitrogens with one attached hydrogen (secondary N) is 2. The van der Waals surface area contributed by atoms with E-state index in [0.29, 0.717) is 41.3 Å². The highest BCUT2D eigenvalue weighted by Crippen LogP contribution is 2.49. The first kappa shape index (κ1) is 23.4. The number of halogens is 2. The summed E-state index contributed by atoms with van der Waals surface area (Å²) in [6.45, 7) is 3.71. The van der Waals surface area contributed by atoms with Gasteiger partial charge in [0, 0.05) is 30.1 Å². The van der Waals surface area contributed by atoms with Crippen LogP contribution in [0.3, 0.4) is 0 Å². The van der Waals surface area contributed by atoms with Crippen molar-refractivity contribution in [1.29, 1.82) is 0 Å². The van der Waals surface area contributed by atoms with Crippen LogP contribution in [0.4, 0.5) is 20.2 Å². The fourth-order valence-corrected chi connectivity index (χ4v) is 3.67. The van der Waals surface area contributed by atoms with Gasteiger partial charge in [0.2, 0.25) is 5.91 Å². The predicted octanol–water partition coefficient (Wildman–Crippen LogP) is 4.84. The Kier molecular flexibility index (Phi) is 6.63. The number of aromatic nitrogens is 3. The number of carbonyl (C=O) groups excluding carboxylic acids is 2. The van der Waals surface area contributed by atoms with Gasteiger partial charge < -0.3 is 10.6 Å². The van der Waals surface area contributed by atoms with Gasteiger partial charge in [-0.15, -0.1) is 0 Å². The molecule has 7 nitrogen and oxygen atoms in total. The van der Waals surface area contributed by atoms with Crippen molar-refractivity contribution in [3.63, 3.8) is 0 Å². The van der Waals surface area contributed by atoms with E-state index in [1.807, 2.05) is 0 Å². The van der Waals surface area contributed by atoms with E-state index in [2.05, 4.69) is 25.6 Å². The number of ketones is 1. The number of alkyl halides is 2. The molecule has 0 unspecified atom stereocenters. The minimum absolute atomic E-state index is 0.0715. The summed E-state index contributed by atoms with van der Waals surface area (Å²) < 4.78 is 26.6. The average Bonchev–Trinajstić information content (AvgIpc) is 3.60. The number of anilines is 2. The van der Waals surface area contributed by atoms with Crippen LogP contribution in [-0.2, 0) is 11.3 Å². The number of Topliss-reactive ketones (excluding diaryl/α,β-unsaturated/α-hetero) is 1. The van der Waals surface area contributed by atoms with E-state index >= 15 is 0 Å². The lowest BCUT2D eigenvalue weighted by Gasteiger charge is -2.15. The fraction of sp³-hybridized carbons (Fsp3) is 0.320. The predicted molar refractivity (Wildman–Crippen MR) is 123 cm³/mol. The van der Waals surface area contributed by atoms with E-state index in [9.17, 15) is 18.4 Å². The Morgan fingerprint density at radius 1 is 1.03 bits per heavy atom. The average molecular weight is 466 g/mol. The van der Waals surface area contributed by atoms with E-state index in [1.54, 1.807) is 38.1 Å². The summed E-state index contributed by atoms with van der Waals surface area (Å²) in [6, 6.07) is 8.26. The Balaban J connectivity index is 1.33. The van der Waals surface area contributed by atoms with Crippen molar-refractivity contribution in [1.82, 2.24) is 20.3 Å². The standard InChI is InChI=1S/C25H25F2N5O2/c1-15-3-6-21(20(9-15)23(26)27)32-19-5-4-18(30-14-19)13-31-24(34)25(7-8-25)10-22(33)17-11-28-16(2)29-12-17/h3-6,9,11-12,14,23,32H,7-8,10,13H2,1-2H3,(H,31,34). The molecule has 0 atom stereocenters. The first-order chi connectivity index (χ1) is 16.3. The van der Waals surface area contributed by atoms with Crippen LogP contribution in [0, 0.1) is 19.3 Å². The second-order valence-electron chi connectivity index (χ2n) is 8.64. The van der Waals surface area contributed by atoms with Crippen molar-refractivity contribution in [2.24, 2.45) is 5.41 Å². The van der Waals surface area contributed by atoms with E-state index in [4.69, 9.17) is 0 Å². The number of pyridine rings is 1. The molecule has 0 radical (unpaired) electrons. The minimum atomic E-state index is -2.59. The molecule has 1 aromatic carbocycles. The van der Waals surface area contributed by atoms with Crippen molar-refractivity contribution >= 4 is 23.1 Å². The molecular weight excluding hydrogens is 440 g/mol. The maximum absolute atomic E-state index is 13.3. The van der Waals surface area contributed by atoms with Crippen molar-refractivity contribution in [2.45, 2.75) is 46.1 Å². The number of benzene rings is 1. The molecule has 0 aliphatic heterocycles. The highest BCUT2D eigenvalue weighted by Gasteiger charge is 2.51. The number of nitrogens with zero attached hydrogens (tertiary/aromatic N) is 3. The molecule has 1 saturated carbocycles. The Morgan fingerprint density at radius 2 is 1.76 bits per heavy atom. The van der Waals surface area contributed by atoms with Gasteiger partial charge in [-0.2, -0.15) is 0 Å². The molecule has 0 saturated heterocycles. The van der Waals surface area contributed by atoms with Crippen LogP contribution in [0.1, 0.15) is 58.7 Å². The number of hydrogen-bond donors (Lipinski definition) is 2. The van der Waals surface area contributed by atoms with Crippen LogP contribution in [0.5, 0.6) is 0 Å². The molecule has 3 aromatic rings. The second-order valence-corrected chi connectivity index (χ2v) is 8.64. The van der Waals surface area contributed by atoms with Crippen LogP contribution < -0.4 is 10.6 Å². The summed E-state index contributed by atoms with van der Waals surface area (Å²) in [4.78, 5) is 37.7. The molecule has 0 spiro atoms. The largest absolute Gasteiger partial charge is 0.354 e. The fourth-order valence-electron chi connectivity index (χ4n) is 3.67. The summed E-state index contributed by atoms with van der Waals surface area (Å²) in [6.07, 6.45) is 3.32. The van der Waals surface area contributed by atoms with Gasteiger partial charge in [-0.25, -0.2) is 18.7 Å².